The van der Waals surface area contributed by atoms with Gasteiger partial charge in [-0.3, -0.25) is 4.79 Å². The van der Waals surface area contributed by atoms with Gasteiger partial charge in [-0.15, -0.1) is 0 Å². The third-order valence-corrected chi connectivity index (χ3v) is 6.13. The zero-order valence-electron chi connectivity index (χ0n) is 15.1. The van der Waals surface area contributed by atoms with Crippen LogP contribution in [0.25, 0.3) is 10.8 Å². The number of benzene rings is 3. The zero-order chi connectivity index (χ0) is 18.3. The molecule has 1 aliphatic heterocycles. The molecule has 1 saturated carbocycles. The molecule has 2 fully saturated rings. The second-order valence-corrected chi connectivity index (χ2v) is 7.84. The second-order valence-electron chi connectivity index (χ2n) is 7.84. The normalized spacial score (nSPS) is 22.8. The van der Waals surface area contributed by atoms with Gasteiger partial charge < -0.3 is 9.47 Å². The molecule has 0 aromatic heterocycles. The lowest BCUT2D eigenvalue weighted by molar-refractivity contribution is -0.209. The minimum Gasteiger partial charge on any atom is -0.461 e. The summed E-state index contributed by atoms with van der Waals surface area (Å²) in [5.41, 5.74) is 2.36. The maximum atomic E-state index is 12.8. The van der Waals surface area contributed by atoms with Crippen molar-refractivity contribution in [2.24, 2.45) is 11.3 Å². The van der Waals surface area contributed by atoms with Gasteiger partial charge in [-0.1, -0.05) is 72.8 Å². The molecule has 2 atom stereocenters. The molecule has 2 aliphatic rings. The number of hydrogen-bond donors (Lipinski definition) is 0. The number of rotatable bonds is 4. The van der Waals surface area contributed by atoms with Crippen molar-refractivity contribution < 1.29 is 14.3 Å². The van der Waals surface area contributed by atoms with Gasteiger partial charge in [0.2, 0.25) is 0 Å². The summed E-state index contributed by atoms with van der Waals surface area (Å²) in [6, 6.07) is 24.8. The minimum absolute atomic E-state index is 0.0845. The van der Waals surface area contributed by atoms with Crippen LogP contribution in [-0.2, 0) is 20.9 Å². The van der Waals surface area contributed by atoms with E-state index in [2.05, 4.69) is 42.5 Å². The SMILES string of the molecule is O=C(OCc1ccccc1)C1CC2(COC2)C1c1ccc2ccccc2c1. The molecule has 2 unspecified atom stereocenters. The molecule has 1 heterocycles. The predicted octanol–water partition coefficient (Wildman–Crippen LogP) is 4.70. The van der Waals surface area contributed by atoms with E-state index >= 15 is 0 Å². The maximum Gasteiger partial charge on any atom is 0.309 e. The van der Waals surface area contributed by atoms with Gasteiger partial charge in [0.25, 0.3) is 0 Å². The third-order valence-electron chi connectivity index (χ3n) is 6.13. The van der Waals surface area contributed by atoms with Gasteiger partial charge in [-0.25, -0.2) is 0 Å². The number of carbonyl (C=O) groups is 1. The van der Waals surface area contributed by atoms with Gasteiger partial charge in [-0.05, 0) is 28.3 Å². The van der Waals surface area contributed by atoms with Crippen molar-refractivity contribution in [1.82, 2.24) is 0 Å². The fourth-order valence-electron chi connectivity index (χ4n) is 4.65. The Morgan fingerprint density at radius 3 is 2.44 bits per heavy atom. The molecule has 3 aromatic carbocycles. The van der Waals surface area contributed by atoms with Crippen molar-refractivity contribution in [3.63, 3.8) is 0 Å². The highest BCUT2D eigenvalue weighted by atomic mass is 16.5. The first kappa shape index (κ1) is 16.5. The number of hydrogen-bond acceptors (Lipinski definition) is 3. The summed E-state index contributed by atoms with van der Waals surface area (Å²) in [7, 11) is 0. The molecule has 0 bridgehead atoms. The average molecular weight is 358 g/mol. The molecule has 136 valence electrons. The van der Waals surface area contributed by atoms with Crippen molar-refractivity contribution in [1.29, 1.82) is 0 Å². The van der Waals surface area contributed by atoms with Gasteiger partial charge >= 0.3 is 5.97 Å². The Morgan fingerprint density at radius 1 is 0.963 bits per heavy atom. The molecule has 3 nitrogen and oxygen atoms in total. The maximum absolute atomic E-state index is 12.8. The quantitative estimate of drug-likeness (QED) is 0.634. The highest BCUT2D eigenvalue weighted by Gasteiger charge is 2.61. The van der Waals surface area contributed by atoms with E-state index in [0.717, 1.165) is 25.2 Å². The van der Waals surface area contributed by atoms with Crippen LogP contribution in [0.3, 0.4) is 0 Å². The molecular weight excluding hydrogens is 336 g/mol. The Balaban J connectivity index is 1.38. The van der Waals surface area contributed by atoms with Crippen LogP contribution in [0.4, 0.5) is 0 Å². The Hall–Kier alpha value is -2.65. The predicted molar refractivity (Wildman–Crippen MR) is 104 cm³/mol. The van der Waals surface area contributed by atoms with Crippen molar-refractivity contribution >= 4 is 16.7 Å². The van der Waals surface area contributed by atoms with Crippen molar-refractivity contribution in [2.45, 2.75) is 18.9 Å². The van der Waals surface area contributed by atoms with Crippen LogP contribution in [0.5, 0.6) is 0 Å². The molecule has 0 amide bonds. The van der Waals surface area contributed by atoms with Crippen molar-refractivity contribution in [3.05, 3.63) is 83.9 Å². The van der Waals surface area contributed by atoms with E-state index in [-0.39, 0.29) is 23.2 Å². The van der Waals surface area contributed by atoms with Crippen LogP contribution in [0.1, 0.15) is 23.5 Å². The smallest absolute Gasteiger partial charge is 0.309 e. The van der Waals surface area contributed by atoms with Crippen LogP contribution in [0, 0.1) is 11.3 Å². The Kier molecular flexibility index (Phi) is 3.98. The topological polar surface area (TPSA) is 35.5 Å². The zero-order valence-corrected chi connectivity index (χ0v) is 15.1. The lowest BCUT2D eigenvalue weighted by Crippen LogP contribution is -2.60. The van der Waals surface area contributed by atoms with Gasteiger partial charge in [0.1, 0.15) is 6.61 Å². The summed E-state index contributed by atoms with van der Waals surface area (Å²) in [6.45, 7) is 1.82. The minimum atomic E-state index is -0.0884. The van der Waals surface area contributed by atoms with Gasteiger partial charge in [0.05, 0.1) is 19.1 Å². The summed E-state index contributed by atoms with van der Waals surface area (Å²) in [6.07, 6.45) is 0.859. The fourth-order valence-corrected chi connectivity index (χ4v) is 4.65. The summed E-state index contributed by atoms with van der Waals surface area (Å²) in [5, 5.41) is 2.44. The van der Waals surface area contributed by atoms with Gasteiger partial charge in [0, 0.05) is 11.3 Å². The molecule has 5 rings (SSSR count). The molecule has 3 aromatic rings. The molecule has 1 saturated heterocycles. The molecule has 0 radical (unpaired) electrons. The first-order valence-electron chi connectivity index (χ1n) is 9.52. The van der Waals surface area contributed by atoms with E-state index < -0.39 is 0 Å². The first-order valence-corrected chi connectivity index (χ1v) is 9.52. The van der Waals surface area contributed by atoms with Crippen LogP contribution < -0.4 is 0 Å². The van der Waals surface area contributed by atoms with Gasteiger partial charge in [-0.2, -0.15) is 0 Å². The summed E-state index contributed by atoms with van der Waals surface area (Å²) < 4.78 is 11.2. The summed E-state index contributed by atoms with van der Waals surface area (Å²) >= 11 is 0. The van der Waals surface area contributed by atoms with E-state index in [1.807, 2.05) is 30.3 Å². The highest BCUT2D eigenvalue weighted by molar-refractivity contribution is 5.84. The number of carbonyl (C=O) groups excluding carboxylic acids is 1. The number of ether oxygens (including phenoxy) is 2. The van der Waals surface area contributed by atoms with E-state index in [1.165, 1.54) is 16.3 Å². The monoisotopic (exact) mass is 358 g/mol. The molecular formula is C24H22O3. The standard InChI is InChI=1S/C24H22O3/c25-23(27-14-17-6-2-1-3-7-17)21-13-24(15-26-16-24)22(21)20-11-10-18-8-4-5-9-19(18)12-20/h1-12,21-22H,13-16H2. The number of fused-ring (bicyclic) bond motifs is 1. The first-order chi connectivity index (χ1) is 13.3. The summed E-state index contributed by atoms with van der Waals surface area (Å²) in [5.74, 6) is 0.00689. The van der Waals surface area contributed by atoms with E-state index in [9.17, 15) is 4.79 Å². The molecule has 3 heteroatoms. The van der Waals surface area contributed by atoms with E-state index in [1.54, 1.807) is 0 Å². The van der Waals surface area contributed by atoms with Crippen molar-refractivity contribution in [3.8, 4) is 0 Å². The lowest BCUT2D eigenvalue weighted by atomic mass is 9.50. The average Bonchev–Trinajstić information content (AvgIpc) is 2.65. The van der Waals surface area contributed by atoms with Crippen LogP contribution >= 0.6 is 0 Å². The van der Waals surface area contributed by atoms with E-state index in [0.29, 0.717) is 6.61 Å². The fraction of sp³-hybridized carbons (Fsp3) is 0.292. The Labute approximate surface area is 158 Å². The molecule has 1 aliphatic carbocycles. The van der Waals surface area contributed by atoms with Crippen LogP contribution in [0.15, 0.2) is 72.8 Å². The lowest BCUT2D eigenvalue weighted by Gasteiger charge is -2.58. The molecule has 1 spiro atoms. The van der Waals surface area contributed by atoms with Crippen LogP contribution in [-0.4, -0.2) is 19.2 Å². The van der Waals surface area contributed by atoms with Gasteiger partial charge in [0.15, 0.2) is 0 Å². The Morgan fingerprint density at radius 2 is 1.70 bits per heavy atom. The number of esters is 1. The largest absolute Gasteiger partial charge is 0.461 e. The molecule has 0 N–H and O–H groups in total. The highest BCUT2D eigenvalue weighted by Crippen LogP contribution is 2.61. The van der Waals surface area contributed by atoms with Crippen LogP contribution in [0.2, 0.25) is 0 Å². The summed E-state index contributed by atoms with van der Waals surface area (Å²) in [4.78, 5) is 12.8. The Bertz CT molecular complexity index is 975. The second kappa shape index (κ2) is 6.50. The molecule has 27 heavy (non-hydrogen) atoms. The third kappa shape index (κ3) is 2.83. The van der Waals surface area contributed by atoms with Crippen molar-refractivity contribution in [2.75, 3.05) is 13.2 Å². The van der Waals surface area contributed by atoms with E-state index in [4.69, 9.17) is 9.47 Å².